The Kier molecular flexibility index (Phi) is 5.34. The Morgan fingerprint density at radius 3 is 2.12 bits per heavy atom. The molecule has 4 rings (SSSR count). The van der Waals surface area contributed by atoms with E-state index >= 15 is 0 Å². The molecule has 1 atom stereocenters. The molecule has 0 spiro atoms. The SMILES string of the molecule is Cc1ccc(S(=O)(=O)N2C/C(=C/C(C)(C)C)C3=CC(C)(C)c4ccccc4C3(C)C2)cc1. The van der Waals surface area contributed by atoms with Crippen LogP contribution in [0.1, 0.15) is 58.2 Å². The lowest BCUT2D eigenvalue weighted by atomic mass is 9.60. The highest BCUT2D eigenvalue weighted by Gasteiger charge is 2.48. The number of sulfonamides is 1. The number of hydrogen-bond donors (Lipinski definition) is 0. The van der Waals surface area contributed by atoms with Crippen LogP contribution in [0.3, 0.4) is 0 Å². The highest BCUT2D eigenvalue weighted by Crippen LogP contribution is 2.51. The first-order valence-electron chi connectivity index (χ1n) is 11.4. The molecular weight excluding hydrogens is 414 g/mol. The van der Waals surface area contributed by atoms with E-state index in [9.17, 15) is 8.42 Å². The Morgan fingerprint density at radius 2 is 1.53 bits per heavy atom. The lowest BCUT2D eigenvalue weighted by molar-refractivity contribution is 0.321. The van der Waals surface area contributed by atoms with Gasteiger partial charge in [0.1, 0.15) is 0 Å². The molecule has 1 unspecified atom stereocenters. The Bertz CT molecular complexity index is 1210. The molecular formula is C28H35NO2S. The summed E-state index contributed by atoms with van der Waals surface area (Å²) in [5.41, 5.74) is 5.36. The molecule has 1 aliphatic heterocycles. The van der Waals surface area contributed by atoms with Gasteiger partial charge >= 0.3 is 0 Å². The van der Waals surface area contributed by atoms with Crippen LogP contribution >= 0.6 is 0 Å². The molecule has 4 heteroatoms. The average Bonchev–Trinajstić information content (AvgIpc) is 2.69. The summed E-state index contributed by atoms with van der Waals surface area (Å²) < 4.78 is 29.2. The van der Waals surface area contributed by atoms with E-state index in [2.05, 4.69) is 78.0 Å². The van der Waals surface area contributed by atoms with Gasteiger partial charge in [0.15, 0.2) is 0 Å². The molecule has 2 aromatic rings. The van der Waals surface area contributed by atoms with E-state index in [0.29, 0.717) is 18.0 Å². The smallest absolute Gasteiger partial charge is 0.207 e. The van der Waals surface area contributed by atoms with E-state index in [1.807, 2.05) is 19.1 Å². The molecule has 0 radical (unpaired) electrons. The van der Waals surface area contributed by atoms with E-state index in [-0.39, 0.29) is 10.8 Å². The Morgan fingerprint density at radius 1 is 0.938 bits per heavy atom. The molecule has 1 aliphatic carbocycles. The first-order chi connectivity index (χ1) is 14.7. The van der Waals surface area contributed by atoms with Crippen LogP contribution in [0.5, 0.6) is 0 Å². The van der Waals surface area contributed by atoms with Crippen molar-refractivity contribution in [2.45, 2.75) is 64.2 Å². The van der Waals surface area contributed by atoms with Gasteiger partial charge < -0.3 is 0 Å². The van der Waals surface area contributed by atoms with Gasteiger partial charge in [0.2, 0.25) is 10.0 Å². The standard InChI is InChI=1S/C28H35NO2S/c1-20-12-14-22(15-13-20)32(30,31)29-18-21(16-26(2,3)4)25-17-27(5,6)23-10-8-9-11-24(23)28(25,7)19-29/h8-17H,18-19H2,1-7H3/b21-16-. The van der Waals surface area contributed by atoms with Crippen molar-refractivity contribution in [3.05, 3.63) is 88.5 Å². The van der Waals surface area contributed by atoms with Gasteiger partial charge in [0.25, 0.3) is 0 Å². The van der Waals surface area contributed by atoms with Crippen molar-refractivity contribution in [2.75, 3.05) is 13.1 Å². The van der Waals surface area contributed by atoms with Crippen molar-refractivity contribution in [1.29, 1.82) is 0 Å². The van der Waals surface area contributed by atoms with Crippen LogP contribution < -0.4 is 0 Å². The number of aryl methyl sites for hydroxylation is 1. The van der Waals surface area contributed by atoms with Gasteiger partial charge in [0, 0.05) is 23.9 Å². The molecule has 2 aliphatic rings. The highest BCUT2D eigenvalue weighted by molar-refractivity contribution is 7.89. The lowest BCUT2D eigenvalue weighted by Crippen LogP contribution is -2.52. The van der Waals surface area contributed by atoms with Gasteiger partial charge in [0.05, 0.1) is 4.90 Å². The fourth-order valence-corrected chi connectivity index (χ4v) is 6.76. The van der Waals surface area contributed by atoms with E-state index in [1.165, 1.54) is 16.7 Å². The lowest BCUT2D eigenvalue weighted by Gasteiger charge is -2.49. The summed E-state index contributed by atoms with van der Waals surface area (Å²) in [5.74, 6) is 0. The summed E-state index contributed by atoms with van der Waals surface area (Å²) in [6.45, 7) is 16.0. The first-order valence-corrected chi connectivity index (χ1v) is 12.8. The van der Waals surface area contributed by atoms with Crippen molar-refractivity contribution >= 4 is 10.0 Å². The first kappa shape index (κ1) is 23.0. The number of hydrogen-bond acceptors (Lipinski definition) is 2. The number of fused-ring (bicyclic) bond motifs is 3. The summed E-state index contributed by atoms with van der Waals surface area (Å²) in [4.78, 5) is 0.360. The Labute approximate surface area is 193 Å². The molecule has 0 aromatic heterocycles. The van der Waals surface area contributed by atoms with Crippen LogP contribution in [0.2, 0.25) is 0 Å². The molecule has 3 nitrogen and oxygen atoms in total. The number of rotatable bonds is 2. The fraction of sp³-hybridized carbons (Fsp3) is 0.429. The monoisotopic (exact) mass is 449 g/mol. The highest BCUT2D eigenvalue weighted by atomic mass is 32.2. The number of piperidine rings is 1. The molecule has 1 saturated heterocycles. The van der Waals surface area contributed by atoms with Crippen LogP contribution in [0.15, 0.2) is 76.7 Å². The summed E-state index contributed by atoms with van der Waals surface area (Å²) in [6.07, 6.45) is 4.64. The molecule has 32 heavy (non-hydrogen) atoms. The maximum Gasteiger partial charge on any atom is 0.243 e. The van der Waals surface area contributed by atoms with E-state index in [0.717, 1.165) is 11.1 Å². The van der Waals surface area contributed by atoms with Crippen molar-refractivity contribution < 1.29 is 8.42 Å². The second kappa shape index (κ2) is 7.43. The molecule has 0 saturated carbocycles. The molecule has 2 aromatic carbocycles. The largest absolute Gasteiger partial charge is 0.243 e. The van der Waals surface area contributed by atoms with E-state index < -0.39 is 15.4 Å². The number of benzene rings is 2. The predicted molar refractivity (Wildman–Crippen MR) is 132 cm³/mol. The molecule has 1 heterocycles. The Hall–Kier alpha value is -2.17. The zero-order valence-electron chi connectivity index (χ0n) is 20.4. The van der Waals surface area contributed by atoms with Crippen molar-refractivity contribution in [1.82, 2.24) is 4.31 Å². The van der Waals surface area contributed by atoms with Gasteiger partial charge in [-0.25, -0.2) is 8.42 Å². The second-order valence-corrected chi connectivity index (χ2v) is 13.2. The molecule has 170 valence electrons. The minimum absolute atomic E-state index is 0.0607. The van der Waals surface area contributed by atoms with Crippen LogP contribution in [0, 0.1) is 12.3 Å². The maximum atomic E-state index is 13.7. The molecule has 0 amide bonds. The summed E-state index contributed by atoms with van der Waals surface area (Å²) in [7, 11) is -3.62. The molecule has 0 bridgehead atoms. The molecule has 0 N–H and O–H groups in total. The minimum Gasteiger partial charge on any atom is -0.207 e. The normalized spacial score (nSPS) is 24.6. The summed E-state index contributed by atoms with van der Waals surface area (Å²) in [6, 6.07) is 15.7. The third-order valence-electron chi connectivity index (χ3n) is 6.77. The van der Waals surface area contributed by atoms with Crippen LogP contribution in [0.4, 0.5) is 0 Å². The van der Waals surface area contributed by atoms with Gasteiger partial charge in [-0.1, -0.05) is 95.7 Å². The van der Waals surface area contributed by atoms with Crippen molar-refractivity contribution in [2.24, 2.45) is 5.41 Å². The van der Waals surface area contributed by atoms with E-state index in [4.69, 9.17) is 0 Å². The summed E-state index contributed by atoms with van der Waals surface area (Å²) >= 11 is 0. The Balaban J connectivity index is 1.92. The minimum atomic E-state index is -3.62. The predicted octanol–water partition coefficient (Wildman–Crippen LogP) is 6.15. The zero-order valence-corrected chi connectivity index (χ0v) is 21.2. The van der Waals surface area contributed by atoms with Crippen molar-refractivity contribution in [3.63, 3.8) is 0 Å². The third-order valence-corrected chi connectivity index (χ3v) is 8.57. The number of allylic oxidation sites excluding steroid dienone is 2. The zero-order chi connectivity index (χ0) is 23.5. The summed E-state index contributed by atoms with van der Waals surface area (Å²) in [5, 5.41) is 0. The quantitative estimate of drug-likeness (QED) is 0.552. The molecule has 1 fully saturated rings. The van der Waals surface area contributed by atoms with Gasteiger partial charge in [-0.15, -0.1) is 0 Å². The van der Waals surface area contributed by atoms with E-state index in [1.54, 1.807) is 16.4 Å². The number of nitrogens with zero attached hydrogens (tertiary/aromatic N) is 1. The second-order valence-electron chi connectivity index (χ2n) is 11.3. The third kappa shape index (κ3) is 3.88. The maximum absolute atomic E-state index is 13.7. The van der Waals surface area contributed by atoms with Gasteiger partial charge in [-0.2, -0.15) is 4.31 Å². The average molecular weight is 450 g/mol. The van der Waals surface area contributed by atoms with Gasteiger partial charge in [-0.3, -0.25) is 0 Å². The van der Waals surface area contributed by atoms with Crippen LogP contribution in [-0.2, 0) is 20.9 Å². The topological polar surface area (TPSA) is 37.4 Å². The van der Waals surface area contributed by atoms with Crippen LogP contribution in [0.25, 0.3) is 0 Å². The van der Waals surface area contributed by atoms with Gasteiger partial charge in [-0.05, 0) is 46.7 Å². The van der Waals surface area contributed by atoms with Crippen LogP contribution in [-0.4, -0.2) is 25.8 Å². The van der Waals surface area contributed by atoms with Crippen molar-refractivity contribution in [3.8, 4) is 0 Å². The fourth-order valence-electron chi connectivity index (χ4n) is 5.25.